The van der Waals surface area contributed by atoms with Crippen LogP contribution in [-0.2, 0) is 6.54 Å². The molecule has 2 heterocycles. The lowest BCUT2D eigenvalue weighted by Crippen LogP contribution is -2.49. The van der Waals surface area contributed by atoms with Gasteiger partial charge in [0.2, 0.25) is 0 Å². The van der Waals surface area contributed by atoms with Crippen LogP contribution in [-0.4, -0.2) is 41.6 Å². The van der Waals surface area contributed by atoms with Gasteiger partial charge in [-0.2, -0.15) is 0 Å². The first-order valence-corrected chi connectivity index (χ1v) is 10.1. The molecule has 3 aromatic rings. The molecule has 0 aliphatic carbocycles. The summed E-state index contributed by atoms with van der Waals surface area (Å²) < 4.78 is 30.2. The average Bonchev–Trinajstić information content (AvgIpc) is 3.02. The van der Waals surface area contributed by atoms with Crippen molar-refractivity contribution in [1.29, 1.82) is 0 Å². The van der Waals surface area contributed by atoms with Gasteiger partial charge in [0.1, 0.15) is 17.3 Å². The first-order valence-electron chi connectivity index (χ1n) is 10.1. The number of piperazine rings is 1. The Hall–Kier alpha value is -3.15. The van der Waals surface area contributed by atoms with Crippen molar-refractivity contribution in [2.45, 2.75) is 20.4 Å². The predicted molar refractivity (Wildman–Crippen MR) is 114 cm³/mol. The minimum Gasteiger partial charge on any atom is -0.366 e. The number of amides is 1. The number of hydrogen-bond acceptors (Lipinski definition) is 2. The van der Waals surface area contributed by atoms with Crippen LogP contribution in [0.1, 0.15) is 27.3 Å². The summed E-state index contributed by atoms with van der Waals surface area (Å²) in [6, 6.07) is 15.3. The minimum atomic E-state index is -0.278. The van der Waals surface area contributed by atoms with Crippen LogP contribution in [0.3, 0.4) is 0 Å². The highest BCUT2D eigenvalue weighted by Gasteiger charge is 2.27. The standard InChI is InChI=1S/C24H25F2N3O/c1-17-15-18(2)29(16-19-7-3-4-8-20(19)25)23(17)24(30)28-13-11-27(12-14-28)22-10-6-5-9-21(22)26/h3-10,15H,11-14,16H2,1-2H3. The fraction of sp³-hybridized carbons (Fsp3) is 0.292. The largest absolute Gasteiger partial charge is 0.366 e. The summed E-state index contributed by atoms with van der Waals surface area (Å²) >= 11 is 0. The fourth-order valence-electron chi connectivity index (χ4n) is 4.14. The van der Waals surface area contributed by atoms with Gasteiger partial charge >= 0.3 is 0 Å². The number of aromatic nitrogens is 1. The Bertz CT molecular complexity index is 1070. The molecule has 1 aromatic heterocycles. The van der Waals surface area contributed by atoms with E-state index >= 15 is 0 Å². The lowest BCUT2D eigenvalue weighted by Gasteiger charge is -2.36. The van der Waals surface area contributed by atoms with Gasteiger partial charge in [-0.25, -0.2) is 8.78 Å². The maximum absolute atomic E-state index is 14.2. The summed E-state index contributed by atoms with van der Waals surface area (Å²) in [6.07, 6.45) is 0. The third-order valence-corrected chi connectivity index (χ3v) is 5.74. The maximum atomic E-state index is 14.2. The van der Waals surface area contributed by atoms with E-state index in [1.54, 1.807) is 35.2 Å². The molecule has 4 nitrogen and oxygen atoms in total. The number of halogens is 2. The van der Waals surface area contributed by atoms with Crippen molar-refractivity contribution in [1.82, 2.24) is 9.47 Å². The van der Waals surface area contributed by atoms with Gasteiger partial charge in [0.05, 0.1) is 12.2 Å². The summed E-state index contributed by atoms with van der Waals surface area (Å²) in [7, 11) is 0. The smallest absolute Gasteiger partial charge is 0.270 e. The highest BCUT2D eigenvalue weighted by molar-refractivity contribution is 5.94. The molecule has 0 saturated carbocycles. The van der Waals surface area contributed by atoms with Crippen molar-refractivity contribution in [3.05, 3.63) is 88.7 Å². The minimum absolute atomic E-state index is 0.0647. The lowest BCUT2D eigenvalue weighted by molar-refractivity contribution is 0.0735. The van der Waals surface area contributed by atoms with Crippen molar-refractivity contribution in [3.8, 4) is 0 Å². The van der Waals surface area contributed by atoms with Gasteiger partial charge in [-0.15, -0.1) is 0 Å². The highest BCUT2D eigenvalue weighted by Crippen LogP contribution is 2.23. The van der Waals surface area contributed by atoms with Crippen molar-refractivity contribution < 1.29 is 13.6 Å². The van der Waals surface area contributed by atoms with Gasteiger partial charge in [0, 0.05) is 37.4 Å². The zero-order chi connectivity index (χ0) is 21.3. The monoisotopic (exact) mass is 409 g/mol. The zero-order valence-electron chi connectivity index (χ0n) is 17.2. The van der Waals surface area contributed by atoms with Crippen LogP contribution in [0.15, 0.2) is 54.6 Å². The van der Waals surface area contributed by atoms with E-state index in [-0.39, 0.29) is 17.5 Å². The Kier molecular flexibility index (Phi) is 5.57. The molecule has 0 atom stereocenters. The van der Waals surface area contributed by atoms with Crippen LogP contribution >= 0.6 is 0 Å². The Morgan fingerprint density at radius 1 is 0.900 bits per heavy atom. The van der Waals surface area contributed by atoms with Crippen LogP contribution in [0.5, 0.6) is 0 Å². The summed E-state index contributed by atoms with van der Waals surface area (Å²) in [5.74, 6) is -0.590. The molecule has 0 radical (unpaired) electrons. The molecule has 1 amide bonds. The fourth-order valence-corrected chi connectivity index (χ4v) is 4.14. The molecule has 0 unspecified atom stereocenters. The number of anilines is 1. The normalized spacial score (nSPS) is 14.3. The first kappa shape index (κ1) is 20.1. The number of para-hydroxylation sites is 1. The van der Waals surface area contributed by atoms with Crippen LogP contribution in [0, 0.1) is 25.5 Å². The van der Waals surface area contributed by atoms with Crippen LogP contribution < -0.4 is 4.90 Å². The van der Waals surface area contributed by atoms with Crippen molar-refractivity contribution in [2.75, 3.05) is 31.1 Å². The number of carbonyl (C=O) groups is 1. The number of aryl methyl sites for hydroxylation is 2. The number of rotatable bonds is 4. The molecule has 2 aromatic carbocycles. The third-order valence-electron chi connectivity index (χ3n) is 5.74. The molecule has 1 aliphatic heterocycles. The van der Waals surface area contributed by atoms with Crippen molar-refractivity contribution >= 4 is 11.6 Å². The molecule has 0 N–H and O–H groups in total. The van der Waals surface area contributed by atoms with Gasteiger partial charge in [-0.05, 0) is 43.7 Å². The van der Waals surface area contributed by atoms with E-state index in [9.17, 15) is 13.6 Å². The van der Waals surface area contributed by atoms with Gasteiger partial charge in [0.25, 0.3) is 5.91 Å². The first-order chi connectivity index (χ1) is 14.5. The molecule has 0 bridgehead atoms. The highest BCUT2D eigenvalue weighted by atomic mass is 19.1. The van der Waals surface area contributed by atoms with Crippen LogP contribution in [0.2, 0.25) is 0 Å². The summed E-state index contributed by atoms with van der Waals surface area (Å²) in [5.41, 5.74) is 3.51. The second-order valence-electron chi connectivity index (χ2n) is 7.73. The van der Waals surface area contributed by atoms with Gasteiger partial charge in [-0.1, -0.05) is 30.3 Å². The van der Waals surface area contributed by atoms with E-state index in [4.69, 9.17) is 0 Å². The molecule has 1 fully saturated rings. The third kappa shape index (κ3) is 3.82. The van der Waals surface area contributed by atoms with E-state index < -0.39 is 0 Å². The molecular weight excluding hydrogens is 384 g/mol. The Morgan fingerprint density at radius 2 is 1.53 bits per heavy atom. The van der Waals surface area contributed by atoms with Crippen molar-refractivity contribution in [3.63, 3.8) is 0 Å². The SMILES string of the molecule is Cc1cc(C)n(Cc2ccccc2F)c1C(=O)N1CCN(c2ccccc2F)CC1. The molecule has 1 aliphatic rings. The maximum Gasteiger partial charge on any atom is 0.270 e. The van der Waals surface area contributed by atoms with E-state index in [1.807, 2.05) is 35.4 Å². The Morgan fingerprint density at radius 3 is 2.20 bits per heavy atom. The van der Waals surface area contributed by atoms with Crippen LogP contribution in [0.25, 0.3) is 0 Å². The quantitative estimate of drug-likeness (QED) is 0.639. The van der Waals surface area contributed by atoms with E-state index in [0.29, 0.717) is 49.7 Å². The summed E-state index contributed by atoms with van der Waals surface area (Å²) in [6.45, 7) is 6.31. The number of carbonyl (C=O) groups excluding carboxylic acids is 1. The average molecular weight is 409 g/mol. The molecule has 6 heteroatoms. The van der Waals surface area contributed by atoms with Crippen LogP contribution in [0.4, 0.5) is 14.5 Å². The van der Waals surface area contributed by atoms with Gasteiger partial charge in [0.15, 0.2) is 0 Å². The molecule has 4 rings (SSSR count). The predicted octanol–water partition coefficient (Wildman–Crippen LogP) is 4.39. The lowest BCUT2D eigenvalue weighted by atomic mass is 10.2. The topological polar surface area (TPSA) is 28.5 Å². The number of benzene rings is 2. The molecular formula is C24H25F2N3O. The summed E-state index contributed by atoms with van der Waals surface area (Å²) in [5, 5.41) is 0. The van der Waals surface area contributed by atoms with Crippen molar-refractivity contribution in [2.24, 2.45) is 0 Å². The second-order valence-corrected chi connectivity index (χ2v) is 7.73. The Balaban J connectivity index is 1.53. The molecule has 1 saturated heterocycles. The van der Waals surface area contributed by atoms with Gasteiger partial charge < -0.3 is 14.4 Å². The van der Waals surface area contributed by atoms with Gasteiger partial charge in [-0.3, -0.25) is 4.79 Å². The second kappa shape index (κ2) is 8.30. The Labute approximate surface area is 175 Å². The van der Waals surface area contributed by atoms with E-state index in [1.165, 1.54) is 12.1 Å². The molecule has 156 valence electrons. The van der Waals surface area contributed by atoms with E-state index in [2.05, 4.69) is 0 Å². The summed E-state index contributed by atoms with van der Waals surface area (Å²) in [4.78, 5) is 17.1. The van der Waals surface area contributed by atoms with E-state index in [0.717, 1.165) is 11.3 Å². The number of nitrogens with zero attached hydrogens (tertiary/aromatic N) is 3. The zero-order valence-corrected chi connectivity index (χ0v) is 17.2. The molecule has 30 heavy (non-hydrogen) atoms. The molecule has 0 spiro atoms. The number of hydrogen-bond donors (Lipinski definition) is 0.